The average molecular weight is 366 g/mol. The molecular weight excluding hydrogens is 347 g/mol. The van der Waals surface area contributed by atoms with E-state index in [0.29, 0.717) is 11.3 Å². The number of halogens is 1. The number of anilines is 1. The van der Waals surface area contributed by atoms with Crippen molar-refractivity contribution in [1.82, 2.24) is 4.73 Å². The molecule has 3 aromatic rings. The maximum absolute atomic E-state index is 13.2. The van der Waals surface area contributed by atoms with Crippen molar-refractivity contribution in [2.75, 3.05) is 5.32 Å². The summed E-state index contributed by atoms with van der Waals surface area (Å²) in [4.78, 5) is 30.5. The smallest absolute Gasteiger partial charge is 0.295 e. The van der Waals surface area contributed by atoms with Crippen LogP contribution >= 0.6 is 0 Å². The maximum atomic E-state index is 13.2. The van der Waals surface area contributed by atoms with Crippen LogP contribution in [-0.2, 0) is 13.0 Å². The van der Waals surface area contributed by atoms with Gasteiger partial charge in [-0.15, -0.1) is 0 Å². The Balaban J connectivity index is 1.78. The molecule has 0 saturated carbocycles. The van der Waals surface area contributed by atoms with E-state index in [4.69, 9.17) is 4.84 Å². The number of pyridine rings is 1. The second kappa shape index (κ2) is 8.31. The van der Waals surface area contributed by atoms with Gasteiger partial charge in [0, 0.05) is 11.9 Å². The summed E-state index contributed by atoms with van der Waals surface area (Å²) < 4.78 is 14.2. The minimum atomic E-state index is -0.583. The Morgan fingerprint density at radius 3 is 2.70 bits per heavy atom. The van der Waals surface area contributed by atoms with E-state index in [0.717, 1.165) is 16.7 Å². The Bertz CT molecular complexity index is 1010. The van der Waals surface area contributed by atoms with Crippen molar-refractivity contribution >= 4 is 11.6 Å². The van der Waals surface area contributed by atoms with Crippen molar-refractivity contribution in [2.24, 2.45) is 0 Å². The van der Waals surface area contributed by atoms with Gasteiger partial charge in [-0.25, -0.2) is 4.39 Å². The number of aromatic nitrogens is 1. The van der Waals surface area contributed by atoms with E-state index in [2.05, 4.69) is 5.32 Å². The lowest BCUT2D eigenvalue weighted by molar-refractivity contribution is 0.0862. The molecule has 1 amide bonds. The van der Waals surface area contributed by atoms with Gasteiger partial charge in [-0.3, -0.25) is 9.59 Å². The first-order valence-corrected chi connectivity index (χ1v) is 8.57. The zero-order valence-corrected chi connectivity index (χ0v) is 14.8. The van der Waals surface area contributed by atoms with Gasteiger partial charge in [-0.2, -0.15) is 4.73 Å². The van der Waals surface area contributed by atoms with Gasteiger partial charge in [0.2, 0.25) is 0 Å². The number of hydrogen-bond donors (Lipinski definition) is 1. The fourth-order valence-electron chi connectivity index (χ4n) is 2.66. The molecule has 0 bridgehead atoms. The van der Waals surface area contributed by atoms with Gasteiger partial charge >= 0.3 is 0 Å². The molecule has 1 N–H and O–H groups in total. The molecule has 0 atom stereocenters. The number of nitrogens with zero attached hydrogens (tertiary/aromatic N) is 1. The molecule has 0 unspecified atom stereocenters. The second-order valence-electron chi connectivity index (χ2n) is 5.92. The molecule has 0 fully saturated rings. The van der Waals surface area contributed by atoms with E-state index in [1.165, 1.54) is 24.4 Å². The van der Waals surface area contributed by atoms with Gasteiger partial charge in [-0.1, -0.05) is 37.3 Å². The zero-order chi connectivity index (χ0) is 19.2. The maximum Gasteiger partial charge on any atom is 0.295 e. The van der Waals surface area contributed by atoms with Crippen LogP contribution in [0.3, 0.4) is 0 Å². The third-order valence-electron chi connectivity index (χ3n) is 4.07. The van der Waals surface area contributed by atoms with Gasteiger partial charge in [0.05, 0.1) is 0 Å². The van der Waals surface area contributed by atoms with Gasteiger partial charge in [0.15, 0.2) is 0 Å². The number of rotatable bonds is 6. The lowest BCUT2D eigenvalue weighted by Crippen LogP contribution is -2.32. The van der Waals surface area contributed by atoms with Crippen LogP contribution in [0.15, 0.2) is 71.7 Å². The van der Waals surface area contributed by atoms with Crippen LogP contribution in [0.2, 0.25) is 0 Å². The van der Waals surface area contributed by atoms with E-state index in [1.54, 1.807) is 24.3 Å². The van der Waals surface area contributed by atoms with E-state index >= 15 is 0 Å². The van der Waals surface area contributed by atoms with Crippen LogP contribution < -0.4 is 15.7 Å². The largest absolute Gasteiger partial charge is 0.406 e. The molecule has 2 aromatic carbocycles. The molecule has 138 valence electrons. The standard InChI is InChI=1S/C21H19FN2O3/c1-2-16-8-3-4-11-19(16)23-20(25)18-10-6-12-24(21(18)26)27-14-15-7-5-9-17(22)13-15/h3-13H,2,14H2,1H3,(H,23,25). The molecule has 1 aromatic heterocycles. The van der Waals surface area contributed by atoms with Gasteiger partial charge in [0.25, 0.3) is 11.5 Å². The van der Waals surface area contributed by atoms with Crippen molar-refractivity contribution in [1.29, 1.82) is 0 Å². The van der Waals surface area contributed by atoms with Crippen molar-refractivity contribution in [3.05, 3.63) is 99.7 Å². The van der Waals surface area contributed by atoms with Gasteiger partial charge < -0.3 is 10.2 Å². The molecule has 0 aliphatic heterocycles. The summed E-state index contributed by atoms with van der Waals surface area (Å²) in [6.07, 6.45) is 2.17. The fraction of sp³-hybridized carbons (Fsp3) is 0.143. The SMILES string of the molecule is CCc1ccccc1NC(=O)c1cccn(OCc2cccc(F)c2)c1=O. The number of carbonyl (C=O) groups excluding carboxylic acids is 1. The van der Waals surface area contributed by atoms with Gasteiger partial charge in [-0.05, 0) is 47.9 Å². The summed E-state index contributed by atoms with van der Waals surface area (Å²) >= 11 is 0. The predicted octanol–water partition coefficient (Wildman–Crippen LogP) is 3.43. The minimum Gasteiger partial charge on any atom is -0.406 e. The highest BCUT2D eigenvalue weighted by molar-refractivity contribution is 6.04. The van der Waals surface area contributed by atoms with Crippen LogP contribution in [0, 0.1) is 5.82 Å². The van der Waals surface area contributed by atoms with Crippen molar-refractivity contribution in [2.45, 2.75) is 20.0 Å². The topological polar surface area (TPSA) is 60.3 Å². The second-order valence-corrected chi connectivity index (χ2v) is 5.92. The first-order valence-electron chi connectivity index (χ1n) is 8.57. The van der Waals surface area contributed by atoms with Gasteiger partial charge in [0.1, 0.15) is 18.0 Å². The highest BCUT2D eigenvalue weighted by Crippen LogP contribution is 2.16. The normalized spacial score (nSPS) is 10.4. The predicted molar refractivity (Wildman–Crippen MR) is 101 cm³/mol. The first-order chi connectivity index (χ1) is 13.1. The fourth-order valence-corrected chi connectivity index (χ4v) is 2.66. The Morgan fingerprint density at radius 2 is 1.93 bits per heavy atom. The third-order valence-corrected chi connectivity index (χ3v) is 4.07. The number of hydrogen-bond acceptors (Lipinski definition) is 3. The Hall–Kier alpha value is -3.41. The first kappa shape index (κ1) is 18.4. The summed E-state index contributed by atoms with van der Waals surface area (Å²) in [6, 6.07) is 16.3. The number of amides is 1. The quantitative estimate of drug-likeness (QED) is 0.727. The molecule has 0 aliphatic rings. The van der Waals surface area contributed by atoms with E-state index < -0.39 is 11.5 Å². The summed E-state index contributed by atoms with van der Waals surface area (Å²) in [5.74, 6) is -0.893. The van der Waals surface area contributed by atoms with E-state index in [1.807, 2.05) is 25.1 Å². The molecule has 0 saturated heterocycles. The van der Waals surface area contributed by atoms with Crippen LogP contribution in [-0.4, -0.2) is 10.6 Å². The minimum absolute atomic E-state index is 0.00140. The van der Waals surface area contributed by atoms with Crippen LogP contribution in [0.25, 0.3) is 0 Å². The number of carbonyl (C=O) groups is 1. The molecule has 3 rings (SSSR count). The molecule has 1 heterocycles. The number of nitrogens with one attached hydrogen (secondary N) is 1. The van der Waals surface area contributed by atoms with Crippen molar-refractivity contribution < 1.29 is 14.0 Å². The Labute approximate surface area is 156 Å². The lowest BCUT2D eigenvalue weighted by Gasteiger charge is -2.12. The molecule has 0 radical (unpaired) electrons. The highest BCUT2D eigenvalue weighted by atomic mass is 19.1. The molecule has 0 aliphatic carbocycles. The molecule has 0 spiro atoms. The van der Waals surface area contributed by atoms with Crippen LogP contribution in [0.1, 0.15) is 28.4 Å². The summed E-state index contributed by atoms with van der Waals surface area (Å²) in [5, 5.41) is 2.77. The average Bonchev–Trinajstić information content (AvgIpc) is 2.67. The molecule has 27 heavy (non-hydrogen) atoms. The highest BCUT2D eigenvalue weighted by Gasteiger charge is 2.14. The van der Waals surface area contributed by atoms with Crippen LogP contribution in [0.4, 0.5) is 10.1 Å². The number of aryl methyl sites for hydroxylation is 1. The third kappa shape index (κ3) is 4.41. The molecule has 5 nitrogen and oxygen atoms in total. The van der Waals surface area contributed by atoms with Crippen molar-refractivity contribution in [3.63, 3.8) is 0 Å². The Kier molecular flexibility index (Phi) is 5.66. The zero-order valence-electron chi connectivity index (χ0n) is 14.8. The molecule has 6 heteroatoms. The summed E-state index contributed by atoms with van der Waals surface area (Å²) in [6.45, 7) is 1.99. The Morgan fingerprint density at radius 1 is 1.11 bits per heavy atom. The van der Waals surface area contributed by atoms with E-state index in [9.17, 15) is 14.0 Å². The number of benzene rings is 2. The summed E-state index contributed by atoms with van der Waals surface area (Å²) in [5.41, 5.74) is 1.60. The lowest BCUT2D eigenvalue weighted by atomic mass is 10.1. The molecular formula is C21H19FN2O3. The van der Waals surface area contributed by atoms with Crippen LogP contribution in [0.5, 0.6) is 0 Å². The number of para-hydroxylation sites is 1. The van der Waals surface area contributed by atoms with Crippen molar-refractivity contribution in [3.8, 4) is 0 Å². The summed E-state index contributed by atoms with van der Waals surface area (Å²) in [7, 11) is 0. The monoisotopic (exact) mass is 366 g/mol. The van der Waals surface area contributed by atoms with E-state index in [-0.39, 0.29) is 18.0 Å².